The molecule has 0 aliphatic carbocycles. The van der Waals surface area contributed by atoms with Crippen LogP contribution < -0.4 is 10.6 Å². The minimum atomic E-state index is 0.682. The molecular weight excluding hydrogens is 336 g/mol. The molecule has 3 rings (SSSR count). The van der Waals surface area contributed by atoms with Crippen molar-refractivity contribution in [2.75, 3.05) is 26.2 Å². The minimum Gasteiger partial charge on any atom is -0.357 e. The number of likely N-dealkylation sites (tertiary alicyclic amines) is 1. The van der Waals surface area contributed by atoms with E-state index in [0.717, 1.165) is 32.1 Å². The number of nitrogens with zero attached hydrogens (tertiary/aromatic N) is 4. The minimum absolute atomic E-state index is 0.682. The maximum absolute atomic E-state index is 4.70. The Labute approximate surface area is 162 Å². The van der Waals surface area contributed by atoms with Gasteiger partial charge in [-0.2, -0.15) is 5.10 Å². The number of hydrogen-bond acceptors (Lipinski definition) is 3. The van der Waals surface area contributed by atoms with Crippen molar-refractivity contribution >= 4 is 5.96 Å². The number of nitrogens with one attached hydrogen (secondary N) is 2. The van der Waals surface area contributed by atoms with Gasteiger partial charge in [-0.15, -0.1) is 0 Å². The van der Waals surface area contributed by atoms with Gasteiger partial charge in [-0.25, -0.2) is 4.99 Å². The smallest absolute Gasteiger partial charge is 0.191 e. The van der Waals surface area contributed by atoms with Crippen molar-refractivity contribution in [3.8, 4) is 0 Å². The Hall–Kier alpha value is -2.34. The van der Waals surface area contributed by atoms with Crippen molar-refractivity contribution in [2.24, 2.45) is 4.99 Å². The summed E-state index contributed by atoms with van der Waals surface area (Å²) in [6, 6.07) is 10.8. The Morgan fingerprint density at radius 2 is 1.85 bits per heavy atom. The Morgan fingerprint density at radius 3 is 2.56 bits per heavy atom. The Morgan fingerprint density at radius 1 is 1.07 bits per heavy atom. The molecule has 0 bridgehead atoms. The van der Waals surface area contributed by atoms with E-state index in [1.54, 1.807) is 6.20 Å². The number of benzene rings is 1. The molecule has 1 fully saturated rings. The lowest BCUT2D eigenvalue weighted by Gasteiger charge is -2.26. The zero-order valence-electron chi connectivity index (χ0n) is 16.4. The largest absolute Gasteiger partial charge is 0.357 e. The lowest BCUT2D eigenvalue weighted by molar-refractivity contribution is 0.221. The highest BCUT2D eigenvalue weighted by Crippen LogP contribution is 2.14. The van der Waals surface area contributed by atoms with Crippen LogP contribution in [0.15, 0.2) is 47.7 Å². The summed E-state index contributed by atoms with van der Waals surface area (Å²) in [6.07, 6.45) is 7.84. The van der Waals surface area contributed by atoms with Crippen LogP contribution in [0, 0.1) is 0 Å². The first-order valence-electron chi connectivity index (χ1n) is 10.1. The standard InChI is InChI=1S/C21H32N6/c1-2-22-21(23-12-16-27-15-6-11-25-27)24-17-19-7-9-20(10-8-19)18-26-13-4-3-5-14-26/h6-11,15H,2-5,12-14,16-18H2,1H3,(H2,22,23,24). The molecule has 0 radical (unpaired) electrons. The van der Waals surface area contributed by atoms with E-state index in [-0.39, 0.29) is 0 Å². The van der Waals surface area contributed by atoms with Crippen LogP contribution in [-0.2, 0) is 19.6 Å². The average Bonchev–Trinajstić information content (AvgIpc) is 3.21. The molecule has 0 atom stereocenters. The number of rotatable bonds is 8. The van der Waals surface area contributed by atoms with Crippen LogP contribution in [0.3, 0.4) is 0 Å². The van der Waals surface area contributed by atoms with E-state index in [1.807, 2.05) is 16.9 Å². The molecule has 27 heavy (non-hydrogen) atoms. The summed E-state index contributed by atoms with van der Waals surface area (Å²) in [6.45, 7) is 8.78. The van der Waals surface area contributed by atoms with E-state index in [2.05, 4.69) is 51.8 Å². The van der Waals surface area contributed by atoms with Crippen LogP contribution in [0.5, 0.6) is 0 Å². The molecule has 6 nitrogen and oxygen atoms in total. The lowest BCUT2D eigenvalue weighted by atomic mass is 10.1. The monoisotopic (exact) mass is 368 g/mol. The third kappa shape index (κ3) is 6.71. The predicted molar refractivity (Wildman–Crippen MR) is 111 cm³/mol. The maximum atomic E-state index is 4.70. The van der Waals surface area contributed by atoms with E-state index < -0.39 is 0 Å². The fourth-order valence-electron chi connectivity index (χ4n) is 3.36. The van der Waals surface area contributed by atoms with Gasteiger partial charge in [0.25, 0.3) is 0 Å². The first-order valence-corrected chi connectivity index (χ1v) is 10.1. The predicted octanol–water partition coefficient (Wildman–Crippen LogP) is 2.62. The molecule has 0 unspecified atom stereocenters. The topological polar surface area (TPSA) is 57.5 Å². The Bertz CT molecular complexity index is 671. The molecule has 1 aliphatic heterocycles. The zero-order chi connectivity index (χ0) is 18.7. The highest BCUT2D eigenvalue weighted by atomic mass is 15.3. The number of hydrogen-bond donors (Lipinski definition) is 2. The third-order valence-electron chi connectivity index (χ3n) is 4.83. The van der Waals surface area contributed by atoms with Crippen LogP contribution in [0.4, 0.5) is 0 Å². The molecule has 0 saturated carbocycles. The number of aliphatic imine (C=N–C) groups is 1. The van der Waals surface area contributed by atoms with Gasteiger partial charge in [0, 0.05) is 32.0 Å². The summed E-state index contributed by atoms with van der Waals surface area (Å²) in [5.74, 6) is 0.849. The van der Waals surface area contributed by atoms with Gasteiger partial charge >= 0.3 is 0 Å². The van der Waals surface area contributed by atoms with Crippen LogP contribution in [-0.4, -0.2) is 46.8 Å². The summed E-state index contributed by atoms with van der Waals surface area (Å²) in [5.41, 5.74) is 2.63. The fraction of sp³-hybridized carbons (Fsp3) is 0.524. The lowest BCUT2D eigenvalue weighted by Crippen LogP contribution is -2.38. The quantitative estimate of drug-likeness (QED) is 0.556. The van der Waals surface area contributed by atoms with Crippen molar-refractivity contribution in [2.45, 2.75) is 45.8 Å². The van der Waals surface area contributed by atoms with E-state index in [0.29, 0.717) is 6.54 Å². The second-order valence-corrected chi connectivity index (χ2v) is 7.04. The summed E-state index contributed by atoms with van der Waals surface area (Å²) in [4.78, 5) is 7.26. The molecule has 1 aromatic carbocycles. The van der Waals surface area contributed by atoms with Gasteiger partial charge in [0.2, 0.25) is 0 Å². The number of aromatic nitrogens is 2. The summed E-state index contributed by atoms with van der Waals surface area (Å²) >= 11 is 0. The molecule has 1 saturated heterocycles. The molecule has 2 aromatic rings. The maximum Gasteiger partial charge on any atom is 0.191 e. The highest BCUT2D eigenvalue weighted by Gasteiger charge is 2.10. The van der Waals surface area contributed by atoms with Crippen LogP contribution in [0.1, 0.15) is 37.3 Å². The highest BCUT2D eigenvalue weighted by molar-refractivity contribution is 5.79. The molecule has 1 aromatic heterocycles. The van der Waals surface area contributed by atoms with Crippen LogP contribution >= 0.6 is 0 Å². The SMILES string of the molecule is CCNC(=NCc1ccc(CN2CCCCC2)cc1)NCCn1cccn1. The fourth-order valence-corrected chi connectivity index (χ4v) is 3.36. The zero-order valence-corrected chi connectivity index (χ0v) is 16.4. The molecule has 1 aliphatic rings. The number of piperidine rings is 1. The molecular formula is C21H32N6. The van der Waals surface area contributed by atoms with Gasteiger partial charge < -0.3 is 10.6 Å². The van der Waals surface area contributed by atoms with Crippen molar-refractivity contribution in [3.63, 3.8) is 0 Å². The van der Waals surface area contributed by atoms with Crippen molar-refractivity contribution in [1.29, 1.82) is 0 Å². The molecule has 6 heteroatoms. The molecule has 0 amide bonds. The van der Waals surface area contributed by atoms with Gasteiger partial charge in [0.15, 0.2) is 5.96 Å². The van der Waals surface area contributed by atoms with Crippen molar-refractivity contribution in [3.05, 3.63) is 53.9 Å². The van der Waals surface area contributed by atoms with Gasteiger partial charge in [0.1, 0.15) is 0 Å². The third-order valence-corrected chi connectivity index (χ3v) is 4.83. The van der Waals surface area contributed by atoms with Crippen LogP contribution in [0.25, 0.3) is 0 Å². The normalized spacial score (nSPS) is 15.7. The van der Waals surface area contributed by atoms with Gasteiger partial charge in [-0.1, -0.05) is 30.7 Å². The molecule has 146 valence electrons. The van der Waals surface area contributed by atoms with E-state index in [9.17, 15) is 0 Å². The molecule has 0 spiro atoms. The summed E-state index contributed by atoms with van der Waals surface area (Å²) in [5, 5.41) is 10.9. The summed E-state index contributed by atoms with van der Waals surface area (Å²) < 4.78 is 1.91. The van der Waals surface area contributed by atoms with Gasteiger partial charge in [-0.05, 0) is 50.0 Å². The first kappa shape index (κ1) is 19.4. The summed E-state index contributed by atoms with van der Waals surface area (Å²) in [7, 11) is 0. The van der Waals surface area contributed by atoms with Crippen molar-refractivity contribution < 1.29 is 0 Å². The Kier molecular flexibility index (Phi) is 7.71. The molecule has 2 N–H and O–H groups in total. The van der Waals surface area contributed by atoms with E-state index >= 15 is 0 Å². The van der Waals surface area contributed by atoms with E-state index in [4.69, 9.17) is 4.99 Å². The van der Waals surface area contributed by atoms with Crippen LogP contribution in [0.2, 0.25) is 0 Å². The first-order chi connectivity index (χ1) is 13.3. The number of guanidine groups is 1. The second kappa shape index (κ2) is 10.7. The van der Waals surface area contributed by atoms with Crippen molar-refractivity contribution in [1.82, 2.24) is 25.3 Å². The second-order valence-electron chi connectivity index (χ2n) is 7.04. The van der Waals surface area contributed by atoms with Gasteiger partial charge in [-0.3, -0.25) is 9.58 Å². The van der Waals surface area contributed by atoms with E-state index in [1.165, 1.54) is 43.5 Å². The average molecular weight is 369 g/mol. The van der Waals surface area contributed by atoms with Gasteiger partial charge in [0.05, 0.1) is 13.1 Å². The molecule has 2 heterocycles. The Balaban J connectivity index is 1.47.